The SMILES string of the molecule is CCSc1nnc(-c2cc(Br)ccc2S(=O)(=O)OC)o1. The van der Waals surface area contributed by atoms with Gasteiger partial charge in [0, 0.05) is 4.47 Å². The van der Waals surface area contributed by atoms with Gasteiger partial charge in [0.25, 0.3) is 15.3 Å². The highest BCUT2D eigenvalue weighted by Gasteiger charge is 2.22. The number of rotatable bonds is 5. The van der Waals surface area contributed by atoms with Crippen LogP contribution in [-0.4, -0.2) is 31.5 Å². The first-order valence-electron chi connectivity index (χ1n) is 5.54. The monoisotopic (exact) mass is 378 g/mol. The van der Waals surface area contributed by atoms with E-state index in [1.54, 1.807) is 12.1 Å². The van der Waals surface area contributed by atoms with Crippen molar-refractivity contribution in [2.75, 3.05) is 12.9 Å². The number of hydrogen-bond donors (Lipinski definition) is 0. The molecule has 0 N–H and O–H groups in total. The van der Waals surface area contributed by atoms with Crippen molar-refractivity contribution in [1.82, 2.24) is 10.2 Å². The zero-order chi connectivity index (χ0) is 14.8. The minimum Gasteiger partial charge on any atom is -0.411 e. The predicted octanol–water partition coefficient (Wildman–Crippen LogP) is 2.95. The van der Waals surface area contributed by atoms with Crippen molar-refractivity contribution in [3.63, 3.8) is 0 Å². The van der Waals surface area contributed by atoms with E-state index in [0.717, 1.165) is 12.9 Å². The van der Waals surface area contributed by atoms with Crippen molar-refractivity contribution in [2.24, 2.45) is 0 Å². The van der Waals surface area contributed by atoms with Crippen LogP contribution in [-0.2, 0) is 14.3 Å². The Labute approximate surface area is 129 Å². The molecule has 0 aliphatic rings. The highest BCUT2D eigenvalue weighted by molar-refractivity contribution is 9.10. The summed E-state index contributed by atoms with van der Waals surface area (Å²) in [5, 5.41) is 8.12. The lowest BCUT2D eigenvalue weighted by Gasteiger charge is -2.06. The molecule has 0 aliphatic heterocycles. The van der Waals surface area contributed by atoms with Crippen LogP contribution in [0, 0.1) is 0 Å². The molecule has 0 aliphatic carbocycles. The maximum atomic E-state index is 11.9. The van der Waals surface area contributed by atoms with Crippen LogP contribution in [0.2, 0.25) is 0 Å². The largest absolute Gasteiger partial charge is 0.411 e. The van der Waals surface area contributed by atoms with E-state index in [9.17, 15) is 8.42 Å². The molecular weight excluding hydrogens is 368 g/mol. The van der Waals surface area contributed by atoms with Crippen LogP contribution in [0.15, 0.2) is 37.2 Å². The fourth-order valence-corrected chi connectivity index (χ4v) is 3.15. The Balaban J connectivity index is 2.57. The second-order valence-corrected chi connectivity index (χ2v) is 7.38. The van der Waals surface area contributed by atoms with Gasteiger partial charge in [-0.25, -0.2) is 0 Å². The summed E-state index contributed by atoms with van der Waals surface area (Å²) < 4.78 is 34.5. The van der Waals surface area contributed by atoms with E-state index in [1.165, 1.54) is 17.8 Å². The summed E-state index contributed by atoms with van der Waals surface area (Å²) in [7, 11) is -2.75. The predicted molar refractivity (Wildman–Crippen MR) is 78.0 cm³/mol. The third-order valence-corrected chi connectivity index (χ3v) is 4.86. The van der Waals surface area contributed by atoms with Gasteiger partial charge in [0.05, 0.1) is 12.7 Å². The molecule has 0 radical (unpaired) electrons. The van der Waals surface area contributed by atoms with E-state index in [1.807, 2.05) is 6.92 Å². The molecule has 0 bridgehead atoms. The summed E-state index contributed by atoms with van der Waals surface area (Å²) in [5.74, 6) is 0.918. The maximum Gasteiger partial charge on any atom is 0.297 e. The van der Waals surface area contributed by atoms with Crippen molar-refractivity contribution >= 4 is 37.8 Å². The van der Waals surface area contributed by atoms with E-state index in [-0.39, 0.29) is 10.8 Å². The smallest absolute Gasteiger partial charge is 0.297 e. The van der Waals surface area contributed by atoms with Gasteiger partial charge in [-0.1, -0.05) is 34.6 Å². The average Bonchev–Trinajstić information content (AvgIpc) is 2.87. The lowest BCUT2D eigenvalue weighted by atomic mass is 10.2. The van der Waals surface area contributed by atoms with Crippen molar-refractivity contribution in [3.8, 4) is 11.5 Å². The topological polar surface area (TPSA) is 82.3 Å². The van der Waals surface area contributed by atoms with Crippen molar-refractivity contribution in [1.29, 1.82) is 0 Å². The van der Waals surface area contributed by atoms with Crippen LogP contribution in [0.4, 0.5) is 0 Å². The van der Waals surface area contributed by atoms with E-state index in [0.29, 0.717) is 15.3 Å². The Morgan fingerprint density at radius 2 is 2.15 bits per heavy atom. The summed E-state index contributed by atoms with van der Waals surface area (Å²) in [4.78, 5) is -0.0140. The van der Waals surface area contributed by atoms with Crippen molar-refractivity contribution in [3.05, 3.63) is 22.7 Å². The van der Waals surface area contributed by atoms with Crippen LogP contribution in [0.5, 0.6) is 0 Å². The Bertz CT molecular complexity index is 715. The molecule has 0 amide bonds. The lowest BCUT2D eigenvalue weighted by molar-refractivity contribution is 0.397. The summed E-state index contributed by atoms with van der Waals surface area (Å²) >= 11 is 4.67. The van der Waals surface area contributed by atoms with Crippen LogP contribution in [0.1, 0.15) is 6.92 Å². The Hall–Kier alpha value is -0.900. The molecule has 108 valence electrons. The molecule has 0 fully saturated rings. The summed E-state index contributed by atoms with van der Waals surface area (Å²) in [6.45, 7) is 1.95. The number of benzene rings is 1. The first kappa shape index (κ1) is 15.5. The number of aromatic nitrogens is 2. The molecule has 6 nitrogen and oxygen atoms in total. The van der Waals surface area contributed by atoms with Gasteiger partial charge in [-0.15, -0.1) is 10.2 Å². The summed E-state index contributed by atoms with van der Waals surface area (Å²) in [6.07, 6.45) is 0. The second kappa shape index (κ2) is 6.25. The van der Waals surface area contributed by atoms with Gasteiger partial charge in [0.1, 0.15) is 4.90 Å². The maximum absolute atomic E-state index is 11.9. The van der Waals surface area contributed by atoms with Gasteiger partial charge in [-0.2, -0.15) is 8.42 Å². The van der Waals surface area contributed by atoms with Crippen molar-refractivity contribution in [2.45, 2.75) is 17.0 Å². The fourth-order valence-electron chi connectivity index (χ4n) is 1.48. The van der Waals surface area contributed by atoms with Gasteiger partial charge in [-0.3, -0.25) is 4.18 Å². The third-order valence-electron chi connectivity index (χ3n) is 2.34. The molecule has 20 heavy (non-hydrogen) atoms. The number of halogens is 1. The molecule has 9 heteroatoms. The molecule has 2 rings (SSSR count). The quantitative estimate of drug-likeness (QED) is 0.584. The summed E-state index contributed by atoms with van der Waals surface area (Å²) in [6, 6.07) is 4.63. The first-order valence-corrected chi connectivity index (χ1v) is 8.73. The molecule has 1 aromatic heterocycles. The molecule has 1 aromatic carbocycles. The lowest BCUT2D eigenvalue weighted by Crippen LogP contribution is -2.05. The molecule has 0 unspecified atom stereocenters. The third kappa shape index (κ3) is 3.22. The van der Waals surface area contributed by atoms with E-state index in [4.69, 9.17) is 4.42 Å². The van der Waals surface area contributed by atoms with E-state index >= 15 is 0 Å². The molecule has 1 heterocycles. The van der Waals surface area contributed by atoms with E-state index in [2.05, 4.69) is 30.3 Å². The minimum atomic E-state index is -3.85. The van der Waals surface area contributed by atoms with E-state index < -0.39 is 10.1 Å². The molecule has 2 aromatic rings. The fraction of sp³-hybridized carbons (Fsp3) is 0.273. The molecule has 0 spiro atoms. The van der Waals surface area contributed by atoms with Gasteiger partial charge < -0.3 is 4.42 Å². The molecular formula is C11H11BrN2O4S2. The van der Waals surface area contributed by atoms with Gasteiger partial charge in [0.2, 0.25) is 5.89 Å². The van der Waals surface area contributed by atoms with Crippen molar-refractivity contribution < 1.29 is 17.0 Å². The van der Waals surface area contributed by atoms with Crippen LogP contribution in [0.25, 0.3) is 11.5 Å². The normalized spacial score (nSPS) is 11.8. The standard InChI is InChI=1S/C11H11BrN2O4S2/c1-3-19-11-14-13-10(18-11)8-6-7(12)4-5-9(8)20(15,16)17-2/h4-6H,3H2,1-2H3. The number of hydrogen-bond acceptors (Lipinski definition) is 7. The first-order chi connectivity index (χ1) is 9.47. The molecule has 0 atom stereocenters. The average molecular weight is 379 g/mol. The molecule has 0 saturated heterocycles. The van der Waals surface area contributed by atoms with Gasteiger partial charge >= 0.3 is 0 Å². The summed E-state index contributed by atoms with van der Waals surface area (Å²) in [5.41, 5.74) is 0.302. The highest BCUT2D eigenvalue weighted by Crippen LogP contribution is 2.31. The van der Waals surface area contributed by atoms with Crippen LogP contribution in [0.3, 0.4) is 0 Å². The number of nitrogens with zero attached hydrogens (tertiary/aromatic N) is 2. The van der Waals surface area contributed by atoms with Crippen LogP contribution < -0.4 is 0 Å². The molecule has 0 saturated carbocycles. The minimum absolute atomic E-state index is 0.0140. The Kier molecular flexibility index (Phi) is 4.84. The highest BCUT2D eigenvalue weighted by atomic mass is 79.9. The van der Waals surface area contributed by atoms with Gasteiger partial charge in [0.15, 0.2) is 0 Å². The zero-order valence-electron chi connectivity index (χ0n) is 10.7. The Morgan fingerprint density at radius 3 is 2.80 bits per heavy atom. The van der Waals surface area contributed by atoms with Gasteiger partial charge in [-0.05, 0) is 24.0 Å². The second-order valence-electron chi connectivity index (χ2n) is 3.57. The Morgan fingerprint density at radius 1 is 1.40 bits per heavy atom. The number of thioether (sulfide) groups is 1. The van der Waals surface area contributed by atoms with Crippen LogP contribution >= 0.6 is 27.7 Å². The zero-order valence-corrected chi connectivity index (χ0v) is 13.9.